The number of aromatic nitrogens is 1. The van der Waals surface area contributed by atoms with Gasteiger partial charge >= 0.3 is 0 Å². The molecule has 0 fully saturated rings. The van der Waals surface area contributed by atoms with Crippen molar-refractivity contribution in [2.75, 3.05) is 0 Å². The second kappa shape index (κ2) is 8.74. The first-order valence-electron chi connectivity index (χ1n) is 15.7. The minimum atomic E-state index is -0.159. The number of para-hydroxylation sites is 2. The minimum absolute atomic E-state index is 0.159. The summed E-state index contributed by atoms with van der Waals surface area (Å²) in [5, 5.41) is 7.44. The number of rotatable bonds is 2. The molecule has 2 heterocycles. The topological polar surface area (TPSA) is 18.1 Å². The SMILES string of the molecule is CC1(C)c2cc3oc4ccccc4c3cc2-c2cc3c4ccccc4n(-c4ccc(-c5ccc6ccccc6c5)cc4)c3cc21. The summed E-state index contributed by atoms with van der Waals surface area (Å²) in [5.41, 5.74) is 13.2. The van der Waals surface area contributed by atoms with Gasteiger partial charge in [-0.05, 0) is 98.8 Å². The zero-order valence-electron chi connectivity index (χ0n) is 25.1. The van der Waals surface area contributed by atoms with Gasteiger partial charge in [0, 0.05) is 32.6 Å². The van der Waals surface area contributed by atoms with Gasteiger partial charge in [0.05, 0.1) is 11.0 Å². The summed E-state index contributed by atoms with van der Waals surface area (Å²) in [6.07, 6.45) is 0. The maximum absolute atomic E-state index is 6.33. The van der Waals surface area contributed by atoms with Gasteiger partial charge in [0.25, 0.3) is 0 Å². The van der Waals surface area contributed by atoms with E-state index < -0.39 is 0 Å². The molecule has 9 aromatic rings. The lowest BCUT2D eigenvalue weighted by Crippen LogP contribution is -2.15. The first kappa shape index (κ1) is 24.8. The zero-order valence-corrected chi connectivity index (χ0v) is 25.1. The van der Waals surface area contributed by atoms with Crippen LogP contribution in [0.5, 0.6) is 0 Å². The van der Waals surface area contributed by atoms with E-state index in [9.17, 15) is 0 Å². The van der Waals surface area contributed by atoms with Gasteiger partial charge in [0.1, 0.15) is 11.2 Å². The van der Waals surface area contributed by atoms with Crippen molar-refractivity contribution in [3.63, 3.8) is 0 Å². The fourth-order valence-corrected chi connectivity index (χ4v) is 7.86. The van der Waals surface area contributed by atoms with Crippen LogP contribution in [0.4, 0.5) is 0 Å². The predicted octanol–water partition coefficient (Wildman–Crippen LogP) is 11.8. The van der Waals surface area contributed by atoms with Crippen molar-refractivity contribution in [1.82, 2.24) is 4.57 Å². The van der Waals surface area contributed by atoms with Crippen molar-refractivity contribution in [2.45, 2.75) is 19.3 Å². The lowest BCUT2D eigenvalue weighted by molar-refractivity contribution is 0.647. The third-order valence-electron chi connectivity index (χ3n) is 10.2. The second-order valence-electron chi connectivity index (χ2n) is 13.0. The average Bonchev–Trinajstić information content (AvgIpc) is 3.68. The van der Waals surface area contributed by atoms with Crippen LogP contribution in [0.3, 0.4) is 0 Å². The zero-order chi connectivity index (χ0) is 29.9. The summed E-state index contributed by atoms with van der Waals surface area (Å²) in [4.78, 5) is 0. The van der Waals surface area contributed by atoms with Crippen LogP contribution in [0, 0.1) is 0 Å². The van der Waals surface area contributed by atoms with Crippen molar-refractivity contribution < 1.29 is 4.42 Å². The predicted molar refractivity (Wildman–Crippen MR) is 189 cm³/mol. The number of hydrogen-bond acceptors (Lipinski definition) is 1. The van der Waals surface area contributed by atoms with Gasteiger partial charge in [-0.1, -0.05) is 98.8 Å². The smallest absolute Gasteiger partial charge is 0.135 e. The molecule has 10 rings (SSSR count). The van der Waals surface area contributed by atoms with Crippen LogP contribution in [0.1, 0.15) is 25.0 Å². The first-order valence-corrected chi connectivity index (χ1v) is 15.7. The molecule has 0 spiro atoms. The lowest BCUT2D eigenvalue weighted by Gasteiger charge is -2.21. The molecule has 0 saturated heterocycles. The summed E-state index contributed by atoms with van der Waals surface area (Å²) in [6.45, 7) is 4.70. The van der Waals surface area contributed by atoms with Crippen LogP contribution < -0.4 is 0 Å². The highest BCUT2D eigenvalue weighted by Crippen LogP contribution is 2.52. The summed E-state index contributed by atoms with van der Waals surface area (Å²) in [6, 6.07) is 51.0. The molecular formula is C43H29NO. The van der Waals surface area contributed by atoms with Gasteiger partial charge in [-0.2, -0.15) is 0 Å². The Balaban J connectivity index is 1.17. The standard InChI is InChI=1S/C43H29NO/c1-43(2)37-24-40-35(22-33(37)34-23-36-32-12-6-8-14-41(32)45-42(36)25-38(34)43)31-11-5-7-13-39(31)44(40)30-19-17-27(18-20-30)29-16-15-26-9-3-4-10-28(26)21-29/h3-25H,1-2H3. The van der Waals surface area contributed by atoms with Crippen molar-refractivity contribution in [1.29, 1.82) is 0 Å². The molecule has 0 radical (unpaired) electrons. The fraction of sp³-hybridized carbons (Fsp3) is 0.0698. The lowest BCUT2D eigenvalue weighted by atomic mass is 9.82. The number of furan rings is 1. The molecule has 212 valence electrons. The molecule has 0 amide bonds. The Kier molecular flexibility index (Phi) is 4.82. The van der Waals surface area contributed by atoms with Crippen LogP contribution >= 0.6 is 0 Å². The highest BCUT2D eigenvalue weighted by Gasteiger charge is 2.37. The molecule has 1 aliphatic carbocycles. The highest BCUT2D eigenvalue weighted by atomic mass is 16.3. The Morgan fingerprint density at radius 3 is 1.98 bits per heavy atom. The Bertz CT molecular complexity index is 2670. The summed E-state index contributed by atoms with van der Waals surface area (Å²) in [5.74, 6) is 0. The molecular weight excluding hydrogens is 546 g/mol. The Hall–Kier alpha value is -5.60. The van der Waals surface area contributed by atoms with Gasteiger partial charge in [0.15, 0.2) is 0 Å². The fourth-order valence-electron chi connectivity index (χ4n) is 7.86. The molecule has 0 saturated carbocycles. The van der Waals surface area contributed by atoms with Crippen molar-refractivity contribution in [2.24, 2.45) is 0 Å². The van der Waals surface area contributed by atoms with Crippen molar-refractivity contribution in [3.05, 3.63) is 151 Å². The number of nitrogens with zero attached hydrogens (tertiary/aromatic N) is 1. The van der Waals surface area contributed by atoms with E-state index in [2.05, 4.69) is 152 Å². The number of benzene rings is 7. The van der Waals surface area contributed by atoms with Gasteiger partial charge in [-0.25, -0.2) is 0 Å². The molecule has 2 heteroatoms. The Morgan fingerprint density at radius 1 is 0.467 bits per heavy atom. The third-order valence-corrected chi connectivity index (χ3v) is 10.2. The maximum Gasteiger partial charge on any atom is 0.135 e. The summed E-state index contributed by atoms with van der Waals surface area (Å²) >= 11 is 0. The molecule has 0 bridgehead atoms. The maximum atomic E-state index is 6.33. The van der Waals surface area contributed by atoms with E-state index in [0.717, 1.165) is 11.2 Å². The van der Waals surface area contributed by atoms with Crippen LogP contribution in [-0.4, -0.2) is 4.57 Å². The van der Waals surface area contributed by atoms with Crippen LogP contribution in [0.15, 0.2) is 144 Å². The average molecular weight is 576 g/mol. The van der Waals surface area contributed by atoms with E-state index in [1.165, 1.54) is 82.4 Å². The molecule has 0 aliphatic heterocycles. The van der Waals surface area contributed by atoms with E-state index >= 15 is 0 Å². The second-order valence-corrected chi connectivity index (χ2v) is 13.0. The van der Waals surface area contributed by atoms with Gasteiger partial charge in [-0.15, -0.1) is 0 Å². The quantitative estimate of drug-likeness (QED) is 0.200. The molecule has 45 heavy (non-hydrogen) atoms. The van der Waals surface area contributed by atoms with E-state index in [-0.39, 0.29) is 5.41 Å². The van der Waals surface area contributed by atoms with Crippen molar-refractivity contribution >= 4 is 54.5 Å². The Morgan fingerprint density at radius 2 is 1.13 bits per heavy atom. The molecule has 0 N–H and O–H groups in total. The number of hydrogen-bond donors (Lipinski definition) is 0. The van der Waals surface area contributed by atoms with E-state index in [4.69, 9.17) is 4.42 Å². The molecule has 0 unspecified atom stereocenters. The van der Waals surface area contributed by atoms with Crippen LogP contribution in [-0.2, 0) is 5.41 Å². The molecule has 0 atom stereocenters. The summed E-state index contributed by atoms with van der Waals surface area (Å²) in [7, 11) is 0. The molecule has 2 aromatic heterocycles. The molecule has 1 aliphatic rings. The summed E-state index contributed by atoms with van der Waals surface area (Å²) < 4.78 is 8.76. The molecule has 7 aromatic carbocycles. The normalized spacial score (nSPS) is 13.7. The largest absolute Gasteiger partial charge is 0.456 e. The number of fused-ring (bicyclic) bond motifs is 10. The molecule has 2 nitrogen and oxygen atoms in total. The van der Waals surface area contributed by atoms with E-state index in [1.54, 1.807) is 0 Å². The third kappa shape index (κ3) is 3.40. The van der Waals surface area contributed by atoms with Crippen LogP contribution in [0.2, 0.25) is 0 Å². The van der Waals surface area contributed by atoms with Gasteiger partial charge < -0.3 is 8.98 Å². The minimum Gasteiger partial charge on any atom is -0.456 e. The highest BCUT2D eigenvalue weighted by molar-refractivity contribution is 6.13. The van der Waals surface area contributed by atoms with Gasteiger partial charge in [0.2, 0.25) is 0 Å². The van der Waals surface area contributed by atoms with E-state index in [0.29, 0.717) is 0 Å². The van der Waals surface area contributed by atoms with Crippen molar-refractivity contribution in [3.8, 4) is 27.9 Å². The van der Waals surface area contributed by atoms with E-state index in [1.807, 2.05) is 6.07 Å². The monoisotopic (exact) mass is 575 g/mol. The van der Waals surface area contributed by atoms with Gasteiger partial charge in [-0.3, -0.25) is 0 Å². The first-order chi connectivity index (χ1) is 22.0. The van der Waals surface area contributed by atoms with Crippen LogP contribution in [0.25, 0.3) is 82.5 Å². The Labute approximate surface area is 260 Å².